The maximum atomic E-state index is 13.5. The normalized spacial score (nSPS) is 16.9. The number of hydrogen-bond donors (Lipinski definition) is 2. The molecule has 1 fully saturated rings. The van der Waals surface area contributed by atoms with Gasteiger partial charge in [0.25, 0.3) is 0 Å². The summed E-state index contributed by atoms with van der Waals surface area (Å²) in [6, 6.07) is 10.7. The molecule has 1 aliphatic rings. The predicted octanol–water partition coefficient (Wildman–Crippen LogP) is 4.24. The van der Waals surface area contributed by atoms with Crippen LogP contribution in [0.25, 0.3) is 10.4 Å². The molecule has 3 heterocycles. The van der Waals surface area contributed by atoms with Crippen LogP contribution in [-0.2, 0) is 17.3 Å². The number of aryl methyl sites for hydroxylation is 1. The van der Waals surface area contributed by atoms with Crippen LogP contribution in [-0.4, -0.2) is 55.3 Å². The first-order valence-electron chi connectivity index (χ1n) is 11.6. The fraction of sp³-hybridized carbons (Fsp3) is 0.417. The van der Waals surface area contributed by atoms with Gasteiger partial charge in [0, 0.05) is 29.5 Å². The van der Waals surface area contributed by atoms with Crippen molar-refractivity contribution in [1.82, 2.24) is 19.4 Å². The number of carbonyl (C=O) groups is 1. The number of rotatable bonds is 7. The summed E-state index contributed by atoms with van der Waals surface area (Å²) in [6.07, 6.45) is 4.72. The molecule has 2 N–H and O–H groups in total. The molecule has 1 unspecified atom stereocenters. The minimum atomic E-state index is -4.19. The lowest BCUT2D eigenvalue weighted by molar-refractivity contribution is 0.251. The second-order valence-corrected chi connectivity index (χ2v) is 11.8. The zero-order valence-corrected chi connectivity index (χ0v) is 22.1. The second-order valence-electron chi connectivity index (χ2n) is 9.20. The van der Waals surface area contributed by atoms with Gasteiger partial charge in [-0.05, 0) is 44.0 Å². The van der Waals surface area contributed by atoms with Gasteiger partial charge < -0.3 is 10.2 Å². The first-order chi connectivity index (χ1) is 16.6. The van der Waals surface area contributed by atoms with Crippen molar-refractivity contribution in [2.45, 2.75) is 38.6 Å². The van der Waals surface area contributed by atoms with Crippen LogP contribution in [0.5, 0.6) is 0 Å². The maximum Gasteiger partial charge on any atom is 0.334 e. The number of anilines is 2. The van der Waals surface area contributed by atoms with E-state index in [1.807, 2.05) is 57.3 Å². The highest BCUT2D eigenvalue weighted by molar-refractivity contribution is 7.91. The number of nitrogens with one attached hydrogen (secondary N) is 2. The fourth-order valence-electron chi connectivity index (χ4n) is 4.39. The number of carbonyl (C=O) groups excluding carboxylic acids is 1. The Kier molecular flexibility index (Phi) is 7.48. The quantitative estimate of drug-likeness (QED) is 0.489. The number of benzene rings is 1. The Bertz CT molecular complexity index is 1270. The number of aromatic nitrogens is 2. The summed E-state index contributed by atoms with van der Waals surface area (Å²) in [5.74, 6) is 0.161. The molecule has 0 radical (unpaired) electrons. The highest BCUT2D eigenvalue weighted by Gasteiger charge is 2.35. The number of thiophene rings is 1. The highest BCUT2D eigenvalue weighted by atomic mass is 32.2. The van der Waals surface area contributed by atoms with Crippen molar-refractivity contribution in [1.29, 1.82) is 0 Å². The van der Waals surface area contributed by atoms with Crippen LogP contribution in [0.15, 0.2) is 48.8 Å². The van der Waals surface area contributed by atoms with E-state index in [1.165, 1.54) is 10.5 Å². The van der Waals surface area contributed by atoms with Gasteiger partial charge in [-0.1, -0.05) is 44.2 Å². The van der Waals surface area contributed by atoms with Gasteiger partial charge in [-0.15, -0.1) is 11.3 Å². The van der Waals surface area contributed by atoms with E-state index in [1.54, 1.807) is 29.3 Å². The van der Waals surface area contributed by atoms with Crippen molar-refractivity contribution < 1.29 is 13.2 Å². The third-order valence-corrected chi connectivity index (χ3v) is 8.90. The molecular formula is C24H32N6O3S2. The molecule has 188 valence electrons. The minimum absolute atomic E-state index is 0.161. The Morgan fingerprint density at radius 1 is 1.23 bits per heavy atom. The van der Waals surface area contributed by atoms with E-state index < -0.39 is 16.2 Å². The molecule has 0 spiro atoms. The monoisotopic (exact) mass is 516 g/mol. The smallest absolute Gasteiger partial charge is 0.306 e. The van der Waals surface area contributed by atoms with Crippen LogP contribution in [0.3, 0.4) is 0 Å². The topological polar surface area (TPSA) is 99.6 Å². The van der Waals surface area contributed by atoms with Crippen molar-refractivity contribution in [3.8, 4) is 10.4 Å². The number of likely N-dealkylation sites (tertiary alicyclic amines) is 1. The summed E-state index contributed by atoms with van der Waals surface area (Å²) in [5, 5.41) is 6.93. The molecule has 4 rings (SSSR count). The number of amides is 2. The van der Waals surface area contributed by atoms with E-state index in [0.717, 1.165) is 28.3 Å². The number of urea groups is 1. The third-order valence-electron chi connectivity index (χ3n) is 5.95. The molecule has 1 aromatic carbocycles. The lowest BCUT2D eigenvalue weighted by Crippen LogP contribution is -2.54. The van der Waals surface area contributed by atoms with E-state index in [4.69, 9.17) is 0 Å². The Morgan fingerprint density at radius 3 is 2.60 bits per heavy atom. The van der Waals surface area contributed by atoms with Crippen LogP contribution in [0.4, 0.5) is 16.2 Å². The van der Waals surface area contributed by atoms with E-state index in [-0.39, 0.29) is 12.0 Å². The average Bonchev–Trinajstić information content (AvgIpc) is 3.40. The summed E-state index contributed by atoms with van der Waals surface area (Å²) in [7, 11) is -0.489. The summed E-state index contributed by atoms with van der Waals surface area (Å²) in [6.45, 7) is 5.57. The minimum Gasteiger partial charge on any atom is -0.306 e. The molecule has 1 aliphatic heterocycles. The number of piperidine rings is 1. The van der Waals surface area contributed by atoms with Crippen molar-refractivity contribution in [2.75, 3.05) is 29.8 Å². The zero-order valence-electron chi connectivity index (χ0n) is 20.4. The Labute approximate surface area is 210 Å². The maximum absolute atomic E-state index is 13.5. The standard InChI is InChI=1S/C24H32N6O3S2/c1-17(2)23-21(13-22(34-23)18-9-6-5-7-10-18)26-24(31)27-35(32,33)30(20-14-25-29(4)16-20)19-11-8-12-28(3)15-19/h5-7,9-10,13-14,16-17,19H,8,11-12,15H2,1-4H3,(H2,26,27,31). The molecule has 9 nitrogen and oxygen atoms in total. The van der Waals surface area contributed by atoms with Gasteiger partial charge in [0.2, 0.25) is 0 Å². The number of likely N-dealkylation sites (N-methyl/N-ethyl adjacent to an activating group) is 1. The summed E-state index contributed by atoms with van der Waals surface area (Å²) < 4.78 is 32.1. The third kappa shape index (κ3) is 5.85. The van der Waals surface area contributed by atoms with Gasteiger partial charge in [-0.3, -0.25) is 4.68 Å². The molecule has 35 heavy (non-hydrogen) atoms. The van der Waals surface area contributed by atoms with Crippen LogP contribution in [0.1, 0.15) is 37.5 Å². The van der Waals surface area contributed by atoms with Crippen LogP contribution < -0.4 is 14.3 Å². The number of nitrogens with zero attached hydrogens (tertiary/aromatic N) is 4. The Balaban J connectivity index is 1.57. The van der Waals surface area contributed by atoms with Crippen molar-refractivity contribution in [2.24, 2.45) is 7.05 Å². The van der Waals surface area contributed by atoms with E-state index >= 15 is 0 Å². The molecule has 1 atom stereocenters. The van der Waals surface area contributed by atoms with Crippen molar-refractivity contribution in [3.63, 3.8) is 0 Å². The molecule has 3 aromatic rings. The predicted molar refractivity (Wildman–Crippen MR) is 141 cm³/mol. The molecule has 0 bridgehead atoms. The van der Waals surface area contributed by atoms with E-state index in [2.05, 4.69) is 20.0 Å². The van der Waals surface area contributed by atoms with Gasteiger partial charge in [-0.2, -0.15) is 13.5 Å². The molecule has 0 aliphatic carbocycles. The van der Waals surface area contributed by atoms with E-state index in [9.17, 15) is 13.2 Å². The highest BCUT2D eigenvalue weighted by Crippen LogP contribution is 2.39. The molecule has 0 saturated carbocycles. The summed E-state index contributed by atoms with van der Waals surface area (Å²) in [4.78, 5) is 17.1. The fourth-order valence-corrected chi connectivity index (χ4v) is 6.83. The van der Waals surface area contributed by atoms with Gasteiger partial charge >= 0.3 is 16.2 Å². The molecule has 1 saturated heterocycles. The van der Waals surface area contributed by atoms with Gasteiger partial charge in [0.15, 0.2) is 0 Å². The summed E-state index contributed by atoms with van der Waals surface area (Å²) >= 11 is 1.59. The van der Waals surface area contributed by atoms with Crippen molar-refractivity contribution >= 4 is 39.0 Å². The molecule has 2 amide bonds. The van der Waals surface area contributed by atoms with Crippen LogP contribution >= 0.6 is 11.3 Å². The van der Waals surface area contributed by atoms with Gasteiger partial charge in [-0.25, -0.2) is 13.8 Å². The van der Waals surface area contributed by atoms with Crippen LogP contribution in [0, 0.1) is 0 Å². The molecule has 11 heteroatoms. The van der Waals surface area contributed by atoms with E-state index in [0.29, 0.717) is 24.3 Å². The van der Waals surface area contributed by atoms with Crippen molar-refractivity contribution in [3.05, 3.63) is 53.7 Å². The second kappa shape index (κ2) is 10.4. The van der Waals surface area contributed by atoms with Crippen LogP contribution in [0.2, 0.25) is 0 Å². The Hall–Kier alpha value is -2.89. The first-order valence-corrected chi connectivity index (χ1v) is 13.9. The number of hydrogen-bond acceptors (Lipinski definition) is 6. The van der Waals surface area contributed by atoms with Gasteiger partial charge in [0.1, 0.15) is 0 Å². The molecular weight excluding hydrogens is 484 g/mol. The average molecular weight is 517 g/mol. The Morgan fingerprint density at radius 2 is 1.97 bits per heavy atom. The SMILES string of the molecule is CC(C)c1sc(-c2ccccc2)cc1NC(=O)NS(=O)(=O)N(c1cnn(C)c1)C1CCCN(C)C1. The van der Waals surface area contributed by atoms with Gasteiger partial charge in [0.05, 0.1) is 23.6 Å². The summed E-state index contributed by atoms with van der Waals surface area (Å²) in [5.41, 5.74) is 2.09. The lowest BCUT2D eigenvalue weighted by atomic mass is 10.1. The lowest BCUT2D eigenvalue weighted by Gasteiger charge is -2.37. The molecule has 2 aromatic heterocycles. The largest absolute Gasteiger partial charge is 0.334 e. The zero-order chi connectivity index (χ0) is 25.2. The first kappa shape index (κ1) is 25.2.